The Labute approximate surface area is 121 Å². The van der Waals surface area contributed by atoms with Crippen LogP contribution in [0.1, 0.15) is 18.4 Å². The van der Waals surface area contributed by atoms with Crippen molar-refractivity contribution in [3.05, 3.63) is 29.8 Å². The van der Waals surface area contributed by atoms with Crippen LogP contribution < -0.4 is 5.32 Å². The van der Waals surface area contributed by atoms with Gasteiger partial charge in [0, 0.05) is 44.6 Å². The van der Waals surface area contributed by atoms with E-state index in [0.29, 0.717) is 6.04 Å². The molecule has 0 atom stereocenters. The molecular formula is C16H24N2O2. The molecule has 4 heteroatoms. The molecular weight excluding hydrogens is 252 g/mol. The number of hydrogen-bond acceptors (Lipinski definition) is 4. The van der Waals surface area contributed by atoms with E-state index < -0.39 is 0 Å². The summed E-state index contributed by atoms with van der Waals surface area (Å²) in [5.41, 5.74) is 2.62. The first-order chi connectivity index (χ1) is 9.90. The van der Waals surface area contributed by atoms with Crippen molar-refractivity contribution in [2.24, 2.45) is 0 Å². The van der Waals surface area contributed by atoms with Crippen molar-refractivity contribution in [1.29, 1.82) is 0 Å². The normalized spacial score (nSPS) is 21.8. The van der Waals surface area contributed by atoms with Crippen molar-refractivity contribution >= 4 is 5.69 Å². The Kier molecular flexibility index (Phi) is 4.90. The molecule has 1 aromatic carbocycles. The summed E-state index contributed by atoms with van der Waals surface area (Å²) in [6, 6.07) is 9.37. The lowest BCUT2D eigenvalue weighted by Crippen LogP contribution is -2.35. The van der Waals surface area contributed by atoms with Crippen molar-refractivity contribution < 1.29 is 9.47 Å². The highest BCUT2D eigenvalue weighted by molar-refractivity contribution is 5.46. The van der Waals surface area contributed by atoms with E-state index in [1.54, 1.807) is 0 Å². The topological polar surface area (TPSA) is 33.7 Å². The minimum absolute atomic E-state index is 0.558. The van der Waals surface area contributed by atoms with Gasteiger partial charge in [0.05, 0.1) is 13.2 Å². The van der Waals surface area contributed by atoms with Crippen LogP contribution in [0.25, 0.3) is 0 Å². The molecule has 20 heavy (non-hydrogen) atoms. The van der Waals surface area contributed by atoms with Crippen molar-refractivity contribution in [2.45, 2.75) is 25.4 Å². The van der Waals surface area contributed by atoms with E-state index in [9.17, 15) is 0 Å². The van der Waals surface area contributed by atoms with Gasteiger partial charge in [0.1, 0.15) is 0 Å². The highest BCUT2D eigenvalue weighted by atomic mass is 16.5. The van der Waals surface area contributed by atoms with Gasteiger partial charge in [0.15, 0.2) is 0 Å². The Balaban J connectivity index is 1.57. The zero-order valence-electron chi connectivity index (χ0n) is 12.0. The second-order valence-electron chi connectivity index (χ2n) is 5.62. The molecule has 2 heterocycles. The Hall–Kier alpha value is -1.10. The van der Waals surface area contributed by atoms with Crippen LogP contribution in [0.3, 0.4) is 0 Å². The van der Waals surface area contributed by atoms with E-state index in [4.69, 9.17) is 9.47 Å². The van der Waals surface area contributed by atoms with Gasteiger partial charge in [-0.15, -0.1) is 0 Å². The average molecular weight is 276 g/mol. The van der Waals surface area contributed by atoms with E-state index in [0.717, 1.165) is 58.9 Å². The summed E-state index contributed by atoms with van der Waals surface area (Å²) in [5, 5.41) is 3.64. The van der Waals surface area contributed by atoms with Crippen LogP contribution >= 0.6 is 0 Å². The van der Waals surface area contributed by atoms with E-state index >= 15 is 0 Å². The number of ether oxygens (including phenoxy) is 2. The standard InChI is InChI=1S/C16H24N2O2/c1-2-14(13-18-6-10-20-11-7-18)12-16(3-1)17-15-4-8-19-9-5-15/h1-3,12,15,17H,4-11,13H2. The first-order valence-electron chi connectivity index (χ1n) is 7.63. The van der Waals surface area contributed by atoms with E-state index in [1.807, 2.05) is 0 Å². The molecule has 0 amide bonds. The molecule has 4 nitrogen and oxygen atoms in total. The molecule has 2 aliphatic rings. The van der Waals surface area contributed by atoms with Gasteiger partial charge in [-0.1, -0.05) is 12.1 Å². The zero-order chi connectivity index (χ0) is 13.6. The molecule has 0 aliphatic carbocycles. The summed E-state index contributed by atoms with van der Waals surface area (Å²) in [7, 11) is 0. The number of hydrogen-bond donors (Lipinski definition) is 1. The fraction of sp³-hybridized carbons (Fsp3) is 0.625. The third kappa shape index (κ3) is 3.95. The Bertz CT molecular complexity index is 377. The number of anilines is 1. The fourth-order valence-corrected chi connectivity index (χ4v) is 2.85. The summed E-state index contributed by atoms with van der Waals surface area (Å²) < 4.78 is 10.8. The molecule has 2 aliphatic heterocycles. The maximum absolute atomic E-state index is 5.40. The van der Waals surface area contributed by atoms with Crippen LogP contribution in [-0.2, 0) is 16.0 Å². The summed E-state index contributed by atoms with van der Waals surface area (Å²) in [5.74, 6) is 0. The first-order valence-corrected chi connectivity index (χ1v) is 7.63. The lowest BCUT2D eigenvalue weighted by molar-refractivity contribution is 0.0342. The van der Waals surface area contributed by atoms with Gasteiger partial charge in [-0.05, 0) is 30.5 Å². The second-order valence-corrected chi connectivity index (χ2v) is 5.62. The lowest BCUT2D eigenvalue weighted by atomic mass is 10.1. The molecule has 0 aromatic heterocycles. The Morgan fingerprint density at radius 1 is 1.05 bits per heavy atom. The maximum Gasteiger partial charge on any atom is 0.0594 e. The highest BCUT2D eigenvalue weighted by Crippen LogP contribution is 2.17. The lowest BCUT2D eigenvalue weighted by Gasteiger charge is -2.27. The third-order valence-electron chi connectivity index (χ3n) is 4.03. The van der Waals surface area contributed by atoms with E-state index in [1.165, 1.54) is 11.3 Å². The van der Waals surface area contributed by atoms with Crippen molar-refractivity contribution in [3.63, 3.8) is 0 Å². The molecule has 1 aromatic rings. The van der Waals surface area contributed by atoms with Gasteiger partial charge in [-0.3, -0.25) is 4.90 Å². The van der Waals surface area contributed by atoms with E-state index in [2.05, 4.69) is 34.5 Å². The van der Waals surface area contributed by atoms with Gasteiger partial charge in [-0.2, -0.15) is 0 Å². The summed E-state index contributed by atoms with van der Waals surface area (Å²) in [4.78, 5) is 2.46. The molecule has 0 spiro atoms. The molecule has 2 fully saturated rings. The molecule has 110 valence electrons. The number of rotatable bonds is 4. The molecule has 2 saturated heterocycles. The van der Waals surface area contributed by atoms with Crippen LogP contribution in [0.5, 0.6) is 0 Å². The minimum atomic E-state index is 0.558. The van der Waals surface area contributed by atoms with Crippen LogP contribution in [0.15, 0.2) is 24.3 Å². The van der Waals surface area contributed by atoms with Crippen LogP contribution in [0.4, 0.5) is 5.69 Å². The quantitative estimate of drug-likeness (QED) is 0.913. The number of morpholine rings is 1. The van der Waals surface area contributed by atoms with Crippen LogP contribution in [-0.4, -0.2) is 50.5 Å². The number of benzene rings is 1. The Morgan fingerprint density at radius 3 is 2.60 bits per heavy atom. The first kappa shape index (κ1) is 13.9. The fourth-order valence-electron chi connectivity index (χ4n) is 2.85. The molecule has 1 N–H and O–H groups in total. The molecule has 0 unspecified atom stereocenters. The predicted molar refractivity (Wildman–Crippen MR) is 80.0 cm³/mol. The summed E-state index contributed by atoms with van der Waals surface area (Å²) in [6.45, 7) is 6.58. The summed E-state index contributed by atoms with van der Waals surface area (Å²) >= 11 is 0. The van der Waals surface area contributed by atoms with Gasteiger partial charge in [0.25, 0.3) is 0 Å². The van der Waals surface area contributed by atoms with Crippen LogP contribution in [0.2, 0.25) is 0 Å². The average Bonchev–Trinajstić information content (AvgIpc) is 2.50. The van der Waals surface area contributed by atoms with Crippen molar-refractivity contribution in [3.8, 4) is 0 Å². The zero-order valence-corrected chi connectivity index (χ0v) is 12.0. The number of nitrogens with one attached hydrogen (secondary N) is 1. The van der Waals surface area contributed by atoms with E-state index in [-0.39, 0.29) is 0 Å². The highest BCUT2D eigenvalue weighted by Gasteiger charge is 2.14. The van der Waals surface area contributed by atoms with Crippen molar-refractivity contribution in [2.75, 3.05) is 44.8 Å². The third-order valence-corrected chi connectivity index (χ3v) is 4.03. The van der Waals surface area contributed by atoms with Gasteiger partial charge < -0.3 is 14.8 Å². The van der Waals surface area contributed by atoms with Gasteiger partial charge in [0.2, 0.25) is 0 Å². The predicted octanol–water partition coefficient (Wildman–Crippen LogP) is 2.11. The molecule has 0 saturated carbocycles. The maximum atomic E-state index is 5.40. The SMILES string of the molecule is c1cc(CN2CCOCC2)cc(NC2CCOCC2)c1. The monoisotopic (exact) mass is 276 g/mol. The Morgan fingerprint density at radius 2 is 1.80 bits per heavy atom. The van der Waals surface area contributed by atoms with Crippen molar-refractivity contribution in [1.82, 2.24) is 4.90 Å². The summed E-state index contributed by atoms with van der Waals surface area (Å²) in [6.07, 6.45) is 2.21. The van der Waals surface area contributed by atoms with Crippen LogP contribution in [0, 0.1) is 0 Å². The van der Waals surface area contributed by atoms with Gasteiger partial charge in [-0.25, -0.2) is 0 Å². The number of nitrogens with zero attached hydrogens (tertiary/aromatic N) is 1. The smallest absolute Gasteiger partial charge is 0.0594 e. The molecule has 0 radical (unpaired) electrons. The molecule has 0 bridgehead atoms. The minimum Gasteiger partial charge on any atom is -0.382 e. The molecule has 3 rings (SSSR count). The van der Waals surface area contributed by atoms with Gasteiger partial charge >= 0.3 is 0 Å². The largest absolute Gasteiger partial charge is 0.382 e. The second kappa shape index (κ2) is 7.07.